The minimum Gasteiger partial charge on any atom is -0.391 e. The number of amides is 2. The molecular formula is C21H33N5O6S. The molecule has 2 N–H and O–H groups in total. The third-order valence-electron chi connectivity index (χ3n) is 6.64. The summed E-state index contributed by atoms with van der Waals surface area (Å²) in [6.07, 6.45) is 2.51. The number of nitrogens with zero attached hydrogens (tertiary/aromatic N) is 4. The Morgan fingerprint density at radius 1 is 1.27 bits per heavy atom. The highest BCUT2D eigenvalue weighted by atomic mass is 32.2. The number of hydrogen-bond acceptors (Lipinski definition) is 8. The van der Waals surface area contributed by atoms with Crippen LogP contribution in [0.1, 0.15) is 57.7 Å². The maximum Gasteiger partial charge on any atom is 0.248 e. The van der Waals surface area contributed by atoms with Crippen LogP contribution in [0.25, 0.3) is 0 Å². The Hall–Kier alpha value is -2.05. The molecule has 0 radical (unpaired) electrons. The Morgan fingerprint density at radius 2 is 1.97 bits per heavy atom. The van der Waals surface area contributed by atoms with E-state index in [2.05, 4.69) is 15.6 Å². The van der Waals surface area contributed by atoms with E-state index in [1.807, 2.05) is 20.8 Å². The number of carbonyl (C=O) groups excluding carboxylic acids is 2. The average Bonchev–Trinajstić information content (AvgIpc) is 3.18. The van der Waals surface area contributed by atoms with Crippen LogP contribution in [-0.2, 0) is 24.2 Å². The molecule has 1 aromatic rings. The number of β-amino-alcohol motifs (C(OH)–C–C–N with tert-alkyl or cyclic N) is 1. The fourth-order valence-electron chi connectivity index (χ4n) is 4.79. The van der Waals surface area contributed by atoms with Gasteiger partial charge in [0.15, 0.2) is 9.84 Å². The quantitative estimate of drug-likeness (QED) is 0.558. The zero-order valence-electron chi connectivity index (χ0n) is 19.5. The first-order valence-electron chi connectivity index (χ1n) is 11.3. The number of aliphatic hydroxyl groups excluding tert-OH is 1. The van der Waals surface area contributed by atoms with E-state index in [-0.39, 0.29) is 30.4 Å². The largest absolute Gasteiger partial charge is 0.391 e. The van der Waals surface area contributed by atoms with Gasteiger partial charge in [-0.1, -0.05) is 26.0 Å². The van der Waals surface area contributed by atoms with Gasteiger partial charge >= 0.3 is 0 Å². The van der Waals surface area contributed by atoms with Crippen molar-refractivity contribution in [2.75, 3.05) is 25.2 Å². The SMILES string of the molecule is COC1CS(=O)(=O)CC1NC(=O)[C@H]1C[C@H](O)CN1C(=O)[C@H](n1cc(C2CC2)nn1)C(C)(C)C. The van der Waals surface area contributed by atoms with Crippen molar-refractivity contribution in [1.29, 1.82) is 0 Å². The molecule has 1 aliphatic carbocycles. The maximum atomic E-state index is 13.7. The second-order valence-electron chi connectivity index (χ2n) is 10.5. The Morgan fingerprint density at radius 3 is 2.58 bits per heavy atom. The standard InChI is InChI=1S/C21H33N5O6S/c1-21(2,3)18(26-9-14(23-24-26)12-5-6-12)20(29)25-8-13(27)7-16(25)19(28)22-15-10-33(30,31)11-17(15)32-4/h9,12-13,15-18,27H,5-8,10-11H2,1-4H3,(H,22,28)/t13-,15?,16+,17?,18-/m0/s1. The minimum atomic E-state index is -3.32. The molecule has 11 nitrogen and oxygen atoms in total. The molecule has 33 heavy (non-hydrogen) atoms. The van der Waals surface area contributed by atoms with Crippen LogP contribution >= 0.6 is 0 Å². The maximum absolute atomic E-state index is 13.7. The van der Waals surface area contributed by atoms with Gasteiger partial charge < -0.3 is 20.1 Å². The molecule has 2 amide bonds. The lowest BCUT2D eigenvalue weighted by Gasteiger charge is -2.35. The number of likely N-dealkylation sites (tertiary alicyclic amines) is 1. The molecule has 2 aliphatic heterocycles. The summed E-state index contributed by atoms with van der Waals surface area (Å²) in [5.41, 5.74) is 0.335. The third-order valence-corrected chi connectivity index (χ3v) is 8.34. The van der Waals surface area contributed by atoms with E-state index < -0.39 is 51.5 Å². The van der Waals surface area contributed by atoms with Crippen molar-refractivity contribution in [3.8, 4) is 0 Å². The van der Waals surface area contributed by atoms with Crippen LogP contribution in [0.4, 0.5) is 0 Å². The fraction of sp³-hybridized carbons (Fsp3) is 0.810. The molecular weight excluding hydrogens is 450 g/mol. The van der Waals surface area contributed by atoms with E-state index in [4.69, 9.17) is 4.74 Å². The number of methoxy groups -OCH3 is 1. The normalized spacial score (nSPS) is 30.4. The highest BCUT2D eigenvalue weighted by molar-refractivity contribution is 7.91. The van der Waals surface area contributed by atoms with E-state index in [0.29, 0.717) is 5.92 Å². The summed E-state index contributed by atoms with van der Waals surface area (Å²) in [5, 5.41) is 21.5. The van der Waals surface area contributed by atoms with Crippen LogP contribution < -0.4 is 5.32 Å². The molecule has 2 saturated heterocycles. The van der Waals surface area contributed by atoms with E-state index >= 15 is 0 Å². The minimum absolute atomic E-state index is 0.0182. The van der Waals surface area contributed by atoms with Crippen molar-refractivity contribution >= 4 is 21.7 Å². The van der Waals surface area contributed by atoms with Crippen molar-refractivity contribution in [3.05, 3.63) is 11.9 Å². The van der Waals surface area contributed by atoms with Gasteiger partial charge in [-0.25, -0.2) is 13.1 Å². The molecule has 184 valence electrons. The molecule has 1 saturated carbocycles. The first kappa shape index (κ1) is 24.1. The number of hydrogen-bond donors (Lipinski definition) is 2. The second-order valence-corrected chi connectivity index (χ2v) is 12.7. The molecule has 3 aliphatic rings. The van der Waals surface area contributed by atoms with Crippen molar-refractivity contribution in [3.63, 3.8) is 0 Å². The van der Waals surface area contributed by atoms with Gasteiger partial charge in [0.25, 0.3) is 0 Å². The van der Waals surface area contributed by atoms with E-state index in [1.165, 1.54) is 12.0 Å². The summed E-state index contributed by atoms with van der Waals surface area (Å²) in [6, 6.07) is -2.32. The Bertz CT molecular complexity index is 1010. The van der Waals surface area contributed by atoms with Crippen LogP contribution in [0.15, 0.2) is 6.20 Å². The zero-order chi connectivity index (χ0) is 24.1. The van der Waals surface area contributed by atoms with Gasteiger partial charge in [0, 0.05) is 32.2 Å². The molecule has 5 atom stereocenters. The van der Waals surface area contributed by atoms with Crippen LogP contribution in [0, 0.1) is 5.41 Å². The number of carbonyl (C=O) groups is 2. The van der Waals surface area contributed by atoms with Crippen LogP contribution in [0.3, 0.4) is 0 Å². The smallest absolute Gasteiger partial charge is 0.248 e. The summed E-state index contributed by atoms with van der Waals surface area (Å²) >= 11 is 0. The van der Waals surface area contributed by atoms with Gasteiger partial charge in [0.05, 0.1) is 35.4 Å². The fourth-order valence-corrected chi connectivity index (χ4v) is 6.64. The van der Waals surface area contributed by atoms with Gasteiger partial charge in [-0.2, -0.15) is 0 Å². The molecule has 0 bridgehead atoms. The van der Waals surface area contributed by atoms with Gasteiger partial charge in [-0.3, -0.25) is 9.59 Å². The first-order valence-corrected chi connectivity index (χ1v) is 13.2. The molecule has 0 aromatic carbocycles. The average molecular weight is 484 g/mol. The lowest BCUT2D eigenvalue weighted by Crippen LogP contribution is -2.54. The lowest BCUT2D eigenvalue weighted by molar-refractivity contribution is -0.144. The van der Waals surface area contributed by atoms with Crippen LogP contribution in [-0.4, -0.2) is 94.7 Å². The predicted molar refractivity (Wildman–Crippen MR) is 118 cm³/mol. The van der Waals surface area contributed by atoms with Crippen molar-refractivity contribution in [2.45, 2.75) is 76.3 Å². The molecule has 12 heteroatoms. The number of nitrogens with one attached hydrogen (secondary N) is 1. The number of sulfone groups is 1. The Kier molecular flexibility index (Phi) is 6.29. The lowest BCUT2D eigenvalue weighted by atomic mass is 9.85. The molecule has 2 unspecified atom stereocenters. The summed E-state index contributed by atoms with van der Waals surface area (Å²) in [5.74, 6) is -0.805. The molecule has 1 aromatic heterocycles. The molecule has 0 spiro atoms. The van der Waals surface area contributed by atoms with E-state index in [9.17, 15) is 23.1 Å². The third kappa shape index (κ3) is 5.07. The zero-order valence-corrected chi connectivity index (χ0v) is 20.3. The van der Waals surface area contributed by atoms with Crippen molar-refractivity contribution < 1.29 is 27.9 Å². The summed E-state index contributed by atoms with van der Waals surface area (Å²) < 4.78 is 30.8. The number of ether oxygens (including phenoxy) is 1. The van der Waals surface area contributed by atoms with Gasteiger partial charge in [0.1, 0.15) is 12.1 Å². The number of rotatable bonds is 6. The van der Waals surface area contributed by atoms with Gasteiger partial charge in [-0.15, -0.1) is 5.10 Å². The van der Waals surface area contributed by atoms with Gasteiger partial charge in [-0.05, 0) is 18.3 Å². The number of aliphatic hydroxyl groups is 1. The molecule has 3 heterocycles. The second kappa shape index (κ2) is 8.62. The van der Waals surface area contributed by atoms with E-state index in [1.54, 1.807) is 10.9 Å². The van der Waals surface area contributed by atoms with Crippen molar-refractivity contribution in [2.24, 2.45) is 5.41 Å². The van der Waals surface area contributed by atoms with Crippen molar-refractivity contribution in [1.82, 2.24) is 25.2 Å². The molecule has 4 rings (SSSR count). The summed E-state index contributed by atoms with van der Waals surface area (Å²) in [6.45, 7) is 5.77. The first-order chi connectivity index (χ1) is 15.4. The summed E-state index contributed by atoms with van der Waals surface area (Å²) in [7, 11) is -1.92. The molecule has 3 fully saturated rings. The summed E-state index contributed by atoms with van der Waals surface area (Å²) in [4.78, 5) is 28.3. The highest BCUT2D eigenvalue weighted by Gasteiger charge is 2.47. The topological polar surface area (TPSA) is 144 Å². The van der Waals surface area contributed by atoms with Crippen LogP contribution in [0.2, 0.25) is 0 Å². The van der Waals surface area contributed by atoms with Gasteiger partial charge in [0.2, 0.25) is 11.8 Å². The highest BCUT2D eigenvalue weighted by Crippen LogP contribution is 2.40. The predicted octanol–water partition coefficient (Wildman–Crippen LogP) is -0.367. The van der Waals surface area contributed by atoms with E-state index in [0.717, 1.165) is 18.5 Å². The van der Waals surface area contributed by atoms with Crippen LogP contribution in [0.5, 0.6) is 0 Å². The monoisotopic (exact) mass is 483 g/mol. The number of aromatic nitrogens is 3. The Labute approximate surface area is 193 Å². The Balaban J connectivity index is 1.54.